The third kappa shape index (κ3) is 3.45. The van der Waals surface area contributed by atoms with Gasteiger partial charge >= 0.3 is 0 Å². The zero-order valence-corrected chi connectivity index (χ0v) is 13.3. The van der Waals surface area contributed by atoms with E-state index in [2.05, 4.69) is 17.2 Å². The van der Waals surface area contributed by atoms with Crippen molar-refractivity contribution in [1.82, 2.24) is 14.7 Å². The molecule has 0 saturated carbocycles. The highest BCUT2D eigenvalue weighted by Gasteiger charge is 2.25. The van der Waals surface area contributed by atoms with Crippen LogP contribution in [-0.2, 0) is 11.2 Å². The first-order valence-electron chi connectivity index (χ1n) is 8.26. The van der Waals surface area contributed by atoms with Gasteiger partial charge in [0.05, 0.1) is 18.5 Å². The maximum absolute atomic E-state index is 11.0. The van der Waals surface area contributed by atoms with Gasteiger partial charge in [0, 0.05) is 18.8 Å². The predicted octanol–water partition coefficient (Wildman–Crippen LogP) is 2.13. The molecule has 5 heteroatoms. The van der Waals surface area contributed by atoms with Crippen LogP contribution in [0.4, 0.5) is 0 Å². The van der Waals surface area contributed by atoms with E-state index in [1.807, 2.05) is 29.1 Å². The van der Waals surface area contributed by atoms with E-state index in [1.54, 1.807) is 4.90 Å². The largest absolute Gasteiger partial charge is 0.395 e. The first kappa shape index (κ1) is 15.7. The van der Waals surface area contributed by atoms with Gasteiger partial charge in [-0.3, -0.25) is 4.79 Å². The van der Waals surface area contributed by atoms with E-state index in [9.17, 15) is 4.79 Å². The molecule has 122 valence electrons. The smallest absolute Gasteiger partial charge is 0.209 e. The number of aromatic nitrogens is 2. The second-order valence-corrected chi connectivity index (χ2v) is 6.04. The Morgan fingerprint density at radius 1 is 1.30 bits per heavy atom. The second kappa shape index (κ2) is 7.42. The molecule has 0 radical (unpaired) electrons. The maximum atomic E-state index is 11.0. The van der Waals surface area contributed by atoms with E-state index in [0.29, 0.717) is 19.0 Å². The number of benzene rings is 1. The lowest BCUT2D eigenvalue weighted by Crippen LogP contribution is -2.28. The molecule has 23 heavy (non-hydrogen) atoms. The quantitative estimate of drug-likeness (QED) is 0.797. The average Bonchev–Trinajstić information content (AvgIpc) is 3.04. The minimum absolute atomic E-state index is 0.0145. The fourth-order valence-electron chi connectivity index (χ4n) is 3.41. The van der Waals surface area contributed by atoms with E-state index in [4.69, 9.17) is 5.11 Å². The molecule has 0 fully saturated rings. The maximum Gasteiger partial charge on any atom is 0.209 e. The molecule has 1 amide bonds. The molecule has 0 spiro atoms. The third-order valence-corrected chi connectivity index (χ3v) is 4.61. The zero-order chi connectivity index (χ0) is 16.1. The van der Waals surface area contributed by atoms with Crippen LogP contribution in [-0.4, -0.2) is 45.9 Å². The Kier molecular flexibility index (Phi) is 5.08. The van der Waals surface area contributed by atoms with Gasteiger partial charge in [-0.2, -0.15) is 5.10 Å². The summed E-state index contributed by atoms with van der Waals surface area (Å²) < 4.78 is 2.05. The average molecular weight is 313 g/mol. The standard InChI is InChI=1S/C18H23N3O2/c22-12-11-20(14-23)10-9-15-5-4-8-18-17(15)13-19-21(18)16-6-2-1-3-7-16/h1-3,6-7,13-15,22H,4-5,8-12H2. The summed E-state index contributed by atoms with van der Waals surface area (Å²) in [7, 11) is 0. The van der Waals surface area contributed by atoms with Crippen molar-refractivity contribution in [3.63, 3.8) is 0 Å². The zero-order valence-electron chi connectivity index (χ0n) is 13.3. The fourth-order valence-corrected chi connectivity index (χ4v) is 3.41. The molecule has 1 aliphatic rings. The molecule has 0 aliphatic heterocycles. The lowest BCUT2D eigenvalue weighted by atomic mass is 9.84. The fraction of sp³-hybridized carbons (Fsp3) is 0.444. The lowest BCUT2D eigenvalue weighted by Gasteiger charge is -2.25. The van der Waals surface area contributed by atoms with Crippen LogP contribution in [0.5, 0.6) is 0 Å². The Hall–Kier alpha value is -2.14. The van der Waals surface area contributed by atoms with Crippen molar-refractivity contribution < 1.29 is 9.90 Å². The third-order valence-electron chi connectivity index (χ3n) is 4.61. The predicted molar refractivity (Wildman–Crippen MR) is 88.6 cm³/mol. The van der Waals surface area contributed by atoms with Crippen molar-refractivity contribution >= 4 is 6.41 Å². The Morgan fingerprint density at radius 3 is 2.87 bits per heavy atom. The summed E-state index contributed by atoms with van der Waals surface area (Å²) in [5.41, 5.74) is 3.71. The molecular formula is C18H23N3O2. The molecule has 5 nitrogen and oxygen atoms in total. The first-order valence-corrected chi connectivity index (χ1v) is 8.26. The van der Waals surface area contributed by atoms with Crippen LogP contribution in [0.3, 0.4) is 0 Å². The number of hydrogen-bond acceptors (Lipinski definition) is 3. The number of carbonyl (C=O) groups is 1. The minimum Gasteiger partial charge on any atom is -0.395 e. The Bertz CT molecular complexity index is 639. The number of hydrogen-bond donors (Lipinski definition) is 1. The van der Waals surface area contributed by atoms with Crippen molar-refractivity contribution in [1.29, 1.82) is 0 Å². The van der Waals surface area contributed by atoms with E-state index in [-0.39, 0.29) is 6.61 Å². The number of aliphatic hydroxyl groups is 1. The normalized spacial score (nSPS) is 16.8. The number of fused-ring (bicyclic) bond motifs is 1. The van der Waals surface area contributed by atoms with Gasteiger partial charge in [-0.05, 0) is 49.3 Å². The second-order valence-electron chi connectivity index (χ2n) is 6.04. The van der Waals surface area contributed by atoms with Crippen LogP contribution in [0.25, 0.3) is 5.69 Å². The molecule has 1 unspecified atom stereocenters. The molecule has 1 aromatic carbocycles. The van der Waals surface area contributed by atoms with E-state index in [1.165, 1.54) is 11.3 Å². The van der Waals surface area contributed by atoms with Crippen LogP contribution in [0.2, 0.25) is 0 Å². The summed E-state index contributed by atoms with van der Waals surface area (Å²) in [5.74, 6) is 0.442. The van der Waals surface area contributed by atoms with Crippen LogP contribution in [0, 0.1) is 0 Å². The van der Waals surface area contributed by atoms with Crippen molar-refractivity contribution in [3.05, 3.63) is 47.8 Å². The van der Waals surface area contributed by atoms with Gasteiger partial charge in [0.2, 0.25) is 6.41 Å². The van der Waals surface area contributed by atoms with Crippen molar-refractivity contribution in [2.24, 2.45) is 0 Å². The van der Waals surface area contributed by atoms with Gasteiger partial charge in [-0.1, -0.05) is 18.2 Å². The topological polar surface area (TPSA) is 58.4 Å². The van der Waals surface area contributed by atoms with Crippen LogP contribution >= 0.6 is 0 Å². The number of nitrogens with zero attached hydrogens (tertiary/aromatic N) is 3. The highest BCUT2D eigenvalue weighted by atomic mass is 16.3. The van der Waals surface area contributed by atoms with E-state index >= 15 is 0 Å². The van der Waals surface area contributed by atoms with Crippen LogP contribution in [0.15, 0.2) is 36.5 Å². The minimum atomic E-state index is 0.0145. The summed E-state index contributed by atoms with van der Waals surface area (Å²) in [4.78, 5) is 12.6. The number of rotatable bonds is 7. The molecule has 0 saturated heterocycles. The summed E-state index contributed by atoms with van der Waals surface area (Å²) in [6.07, 6.45) is 7.08. The van der Waals surface area contributed by atoms with Crippen molar-refractivity contribution in [2.75, 3.05) is 19.7 Å². The Balaban J connectivity index is 1.76. The molecule has 3 rings (SSSR count). The van der Waals surface area contributed by atoms with Crippen LogP contribution in [0.1, 0.15) is 36.4 Å². The van der Waals surface area contributed by atoms with Gasteiger partial charge in [0.15, 0.2) is 0 Å². The summed E-state index contributed by atoms with van der Waals surface area (Å²) in [6, 6.07) is 10.2. The molecule has 1 aliphatic carbocycles. The number of carbonyl (C=O) groups excluding carboxylic acids is 1. The van der Waals surface area contributed by atoms with Crippen molar-refractivity contribution in [2.45, 2.75) is 31.6 Å². The molecule has 2 aromatic rings. The lowest BCUT2D eigenvalue weighted by molar-refractivity contribution is -0.118. The molecule has 1 heterocycles. The van der Waals surface area contributed by atoms with E-state index in [0.717, 1.165) is 37.8 Å². The summed E-state index contributed by atoms with van der Waals surface area (Å²) >= 11 is 0. The monoisotopic (exact) mass is 313 g/mol. The highest BCUT2D eigenvalue weighted by Crippen LogP contribution is 2.34. The summed E-state index contributed by atoms with van der Waals surface area (Å²) in [6.45, 7) is 1.11. The van der Waals surface area contributed by atoms with Gasteiger partial charge in [-0.15, -0.1) is 0 Å². The Morgan fingerprint density at radius 2 is 2.13 bits per heavy atom. The molecule has 1 aromatic heterocycles. The number of para-hydroxylation sites is 1. The highest BCUT2D eigenvalue weighted by molar-refractivity contribution is 5.47. The molecule has 0 bridgehead atoms. The summed E-state index contributed by atoms with van der Waals surface area (Å²) in [5, 5.41) is 13.6. The van der Waals surface area contributed by atoms with Crippen molar-refractivity contribution in [3.8, 4) is 5.69 Å². The molecule has 1 N–H and O–H groups in total. The van der Waals surface area contributed by atoms with E-state index < -0.39 is 0 Å². The van der Waals surface area contributed by atoms with Gasteiger partial charge < -0.3 is 10.0 Å². The Labute approximate surface area is 136 Å². The van der Waals surface area contributed by atoms with Crippen LogP contribution < -0.4 is 0 Å². The molecule has 1 atom stereocenters. The van der Waals surface area contributed by atoms with Gasteiger partial charge in [-0.25, -0.2) is 4.68 Å². The molecular weight excluding hydrogens is 290 g/mol. The number of aliphatic hydroxyl groups excluding tert-OH is 1. The van der Waals surface area contributed by atoms with Gasteiger partial charge in [0.1, 0.15) is 0 Å². The van der Waals surface area contributed by atoms with Gasteiger partial charge in [0.25, 0.3) is 0 Å². The number of amides is 1. The SMILES string of the molecule is O=CN(CCO)CCC1CCCc2c1cnn2-c1ccccc1. The first-order chi connectivity index (χ1) is 11.3.